The molecule has 0 aromatic heterocycles. The molecule has 40 heavy (non-hydrogen) atoms. The third kappa shape index (κ3) is 3.45. The smallest absolute Gasteiger partial charge is 0.194 e. The fourth-order valence-corrected chi connectivity index (χ4v) is 6.80. The number of benzene rings is 6. The molecule has 0 spiro atoms. The Hall–Kier alpha value is -5.01. The number of ketones is 1. The monoisotopic (exact) mass is 510 g/mol. The second-order valence-electron chi connectivity index (χ2n) is 10.8. The molecule has 0 saturated heterocycles. The van der Waals surface area contributed by atoms with Gasteiger partial charge in [0, 0.05) is 11.1 Å². The van der Waals surface area contributed by atoms with Crippen molar-refractivity contribution < 1.29 is 4.79 Å². The number of rotatable bonds is 4. The van der Waals surface area contributed by atoms with Crippen LogP contribution in [-0.4, -0.2) is 5.78 Å². The summed E-state index contributed by atoms with van der Waals surface area (Å²) in [4.78, 5) is 14.5. The molecule has 0 amide bonds. The lowest BCUT2D eigenvalue weighted by Gasteiger charge is -2.16. The number of carbonyl (C=O) groups is 1. The van der Waals surface area contributed by atoms with Crippen LogP contribution in [0, 0.1) is 0 Å². The van der Waals surface area contributed by atoms with Crippen molar-refractivity contribution in [3.63, 3.8) is 0 Å². The second kappa shape index (κ2) is 9.03. The summed E-state index contributed by atoms with van der Waals surface area (Å²) in [6.07, 6.45) is 1.77. The van der Waals surface area contributed by atoms with E-state index in [2.05, 4.69) is 97.1 Å². The van der Waals surface area contributed by atoms with E-state index in [0.717, 1.165) is 46.2 Å². The summed E-state index contributed by atoms with van der Waals surface area (Å²) < 4.78 is 0. The molecule has 6 aromatic carbocycles. The summed E-state index contributed by atoms with van der Waals surface area (Å²) in [7, 11) is 0. The Morgan fingerprint density at radius 2 is 0.675 bits per heavy atom. The summed E-state index contributed by atoms with van der Waals surface area (Å²) in [5.74, 6) is 0.0624. The highest BCUT2D eigenvalue weighted by Crippen LogP contribution is 2.44. The number of fused-ring (bicyclic) bond motifs is 6. The van der Waals surface area contributed by atoms with E-state index in [1.165, 1.54) is 44.5 Å². The molecule has 0 fully saturated rings. The average Bonchev–Trinajstić information content (AvgIpc) is 3.59. The van der Waals surface area contributed by atoms with Crippen LogP contribution >= 0.6 is 0 Å². The molecule has 188 valence electrons. The third-order valence-electron chi connectivity index (χ3n) is 8.63. The molecule has 0 bridgehead atoms. The van der Waals surface area contributed by atoms with Gasteiger partial charge in [0.15, 0.2) is 5.78 Å². The Morgan fingerprint density at radius 1 is 0.350 bits per heavy atom. The first-order valence-electron chi connectivity index (χ1n) is 13.9. The predicted molar refractivity (Wildman–Crippen MR) is 164 cm³/mol. The lowest BCUT2D eigenvalue weighted by molar-refractivity contribution is 0.104. The third-order valence-corrected chi connectivity index (χ3v) is 8.63. The Morgan fingerprint density at radius 3 is 1.12 bits per heavy atom. The van der Waals surface area contributed by atoms with Gasteiger partial charge >= 0.3 is 0 Å². The lowest BCUT2D eigenvalue weighted by atomic mass is 9.86. The maximum atomic E-state index is 14.5. The maximum Gasteiger partial charge on any atom is 0.194 e. The molecule has 0 heterocycles. The Labute approximate surface area is 234 Å². The topological polar surface area (TPSA) is 17.1 Å². The summed E-state index contributed by atoms with van der Waals surface area (Å²) >= 11 is 0. The standard InChI is InChI=1S/C39H26O/c40-39(35-17-7-5-15-31(35)33-21-9-19-29-27-13-3-1-11-25(27)23-37(29)33)36-18-8-6-16-32(36)34-22-10-20-30-28-14-4-2-12-26(28)24-38(30)34/h1-22H,23-24H2. The van der Waals surface area contributed by atoms with Gasteiger partial charge in [-0.15, -0.1) is 0 Å². The SMILES string of the molecule is O=C(c1ccccc1-c1cccc2c1Cc1ccccc1-2)c1ccccc1-c1cccc2c1Cc1ccccc1-2. The van der Waals surface area contributed by atoms with E-state index in [-0.39, 0.29) is 5.78 Å². The van der Waals surface area contributed by atoms with Gasteiger partial charge in [-0.05, 0) is 79.6 Å². The van der Waals surface area contributed by atoms with E-state index in [9.17, 15) is 4.79 Å². The van der Waals surface area contributed by atoms with E-state index < -0.39 is 0 Å². The van der Waals surface area contributed by atoms with Crippen LogP contribution in [0.15, 0.2) is 133 Å². The highest BCUT2D eigenvalue weighted by Gasteiger charge is 2.26. The van der Waals surface area contributed by atoms with Gasteiger partial charge in [-0.1, -0.05) is 133 Å². The van der Waals surface area contributed by atoms with E-state index in [1.54, 1.807) is 0 Å². The van der Waals surface area contributed by atoms with Gasteiger partial charge in [0.1, 0.15) is 0 Å². The fourth-order valence-electron chi connectivity index (χ4n) is 6.80. The van der Waals surface area contributed by atoms with Gasteiger partial charge in [-0.2, -0.15) is 0 Å². The van der Waals surface area contributed by atoms with Crippen LogP contribution < -0.4 is 0 Å². The van der Waals surface area contributed by atoms with E-state index in [0.29, 0.717) is 0 Å². The van der Waals surface area contributed by atoms with Crippen LogP contribution in [0.1, 0.15) is 38.2 Å². The van der Waals surface area contributed by atoms with Crippen molar-refractivity contribution in [1.82, 2.24) is 0 Å². The molecular formula is C39H26O. The largest absolute Gasteiger partial charge is 0.289 e. The van der Waals surface area contributed by atoms with Crippen molar-refractivity contribution in [2.75, 3.05) is 0 Å². The first-order valence-corrected chi connectivity index (χ1v) is 13.9. The van der Waals surface area contributed by atoms with Gasteiger partial charge in [0.05, 0.1) is 0 Å². The number of hydrogen-bond acceptors (Lipinski definition) is 1. The minimum absolute atomic E-state index is 0.0624. The quantitative estimate of drug-likeness (QED) is 0.216. The van der Waals surface area contributed by atoms with Crippen LogP contribution in [0.3, 0.4) is 0 Å². The van der Waals surface area contributed by atoms with Crippen LogP contribution in [0.2, 0.25) is 0 Å². The first kappa shape index (κ1) is 22.9. The van der Waals surface area contributed by atoms with Gasteiger partial charge in [-0.3, -0.25) is 4.79 Å². The highest BCUT2D eigenvalue weighted by atomic mass is 16.1. The zero-order valence-electron chi connectivity index (χ0n) is 22.0. The molecule has 0 atom stereocenters. The first-order chi connectivity index (χ1) is 19.8. The zero-order valence-corrected chi connectivity index (χ0v) is 22.0. The molecule has 8 rings (SSSR count). The average molecular weight is 511 g/mol. The Balaban J connectivity index is 1.25. The molecule has 0 N–H and O–H groups in total. The maximum absolute atomic E-state index is 14.5. The van der Waals surface area contributed by atoms with Crippen molar-refractivity contribution in [3.05, 3.63) is 167 Å². The van der Waals surface area contributed by atoms with Crippen molar-refractivity contribution in [3.8, 4) is 44.5 Å². The fraction of sp³-hybridized carbons (Fsp3) is 0.0513. The van der Waals surface area contributed by atoms with E-state index in [4.69, 9.17) is 0 Å². The molecular weight excluding hydrogens is 484 g/mol. The Kier molecular flexibility index (Phi) is 5.18. The molecule has 0 unspecified atom stereocenters. The number of hydrogen-bond donors (Lipinski definition) is 0. The molecule has 2 aliphatic carbocycles. The number of carbonyl (C=O) groups excluding carboxylic acids is 1. The minimum Gasteiger partial charge on any atom is -0.289 e. The van der Waals surface area contributed by atoms with E-state index in [1.807, 2.05) is 36.4 Å². The van der Waals surface area contributed by atoms with Crippen LogP contribution in [0.5, 0.6) is 0 Å². The summed E-state index contributed by atoms with van der Waals surface area (Å²) in [5.41, 5.74) is 16.2. The minimum atomic E-state index is 0.0624. The van der Waals surface area contributed by atoms with E-state index >= 15 is 0 Å². The summed E-state index contributed by atoms with van der Waals surface area (Å²) in [6, 6.07) is 46.5. The molecule has 1 heteroatoms. The van der Waals surface area contributed by atoms with Gasteiger partial charge in [-0.25, -0.2) is 0 Å². The van der Waals surface area contributed by atoms with Crippen LogP contribution in [-0.2, 0) is 12.8 Å². The van der Waals surface area contributed by atoms with Crippen molar-refractivity contribution in [1.29, 1.82) is 0 Å². The second-order valence-corrected chi connectivity index (χ2v) is 10.8. The summed E-state index contributed by atoms with van der Waals surface area (Å²) in [6.45, 7) is 0. The lowest BCUT2D eigenvalue weighted by Crippen LogP contribution is -2.07. The van der Waals surface area contributed by atoms with Crippen molar-refractivity contribution in [2.45, 2.75) is 12.8 Å². The molecule has 1 nitrogen and oxygen atoms in total. The Bertz CT molecular complexity index is 1830. The van der Waals surface area contributed by atoms with Gasteiger partial charge in [0.2, 0.25) is 0 Å². The molecule has 2 aliphatic rings. The molecule has 0 saturated carbocycles. The van der Waals surface area contributed by atoms with Crippen LogP contribution in [0.25, 0.3) is 44.5 Å². The predicted octanol–water partition coefficient (Wildman–Crippen LogP) is 9.39. The van der Waals surface area contributed by atoms with Crippen LogP contribution in [0.4, 0.5) is 0 Å². The molecule has 0 aliphatic heterocycles. The molecule has 6 aromatic rings. The van der Waals surface area contributed by atoms with Gasteiger partial charge in [0.25, 0.3) is 0 Å². The van der Waals surface area contributed by atoms with Crippen molar-refractivity contribution >= 4 is 5.78 Å². The normalized spacial score (nSPS) is 12.4. The zero-order chi connectivity index (χ0) is 26.6. The highest BCUT2D eigenvalue weighted by molar-refractivity contribution is 6.16. The summed E-state index contributed by atoms with van der Waals surface area (Å²) in [5, 5.41) is 0. The van der Waals surface area contributed by atoms with Crippen molar-refractivity contribution in [2.24, 2.45) is 0 Å². The molecule has 0 radical (unpaired) electrons. The van der Waals surface area contributed by atoms with Gasteiger partial charge < -0.3 is 0 Å².